The van der Waals surface area contributed by atoms with Gasteiger partial charge in [-0.15, -0.1) is 0 Å². The average molecular weight is 251 g/mol. The van der Waals surface area contributed by atoms with E-state index in [1.807, 2.05) is 6.92 Å². The first-order valence-electron chi connectivity index (χ1n) is 3.64. The van der Waals surface area contributed by atoms with Crippen LogP contribution in [0.2, 0.25) is 5.15 Å². The number of aromatic nitrogens is 1. The molecule has 0 aliphatic rings. The molecule has 66 valence electrons. The first kappa shape index (κ1) is 9.96. The molecule has 0 saturated heterocycles. The first-order chi connectivity index (χ1) is 5.65. The predicted octanol–water partition coefficient (Wildman–Crippen LogP) is 2.94. The minimum atomic E-state index is -0.525. The lowest BCUT2D eigenvalue weighted by Gasteiger charge is -2.09. The quantitative estimate of drug-likeness (QED) is 0.819. The standard InChI is InChI=1S/C8H9BrClNO/c1-2-7(12)6-3-5(9)4-11-8(6)10/h3-4,7,12H,2H2,1H3. The van der Waals surface area contributed by atoms with Gasteiger partial charge in [-0.25, -0.2) is 4.98 Å². The van der Waals surface area contributed by atoms with Gasteiger partial charge in [-0.05, 0) is 28.4 Å². The van der Waals surface area contributed by atoms with Crippen molar-refractivity contribution in [3.63, 3.8) is 0 Å². The second-order valence-corrected chi connectivity index (χ2v) is 3.73. The van der Waals surface area contributed by atoms with Crippen LogP contribution in [-0.2, 0) is 0 Å². The number of rotatable bonds is 2. The van der Waals surface area contributed by atoms with Crippen molar-refractivity contribution in [1.82, 2.24) is 4.98 Å². The fourth-order valence-corrected chi connectivity index (χ4v) is 1.47. The van der Waals surface area contributed by atoms with Crippen molar-refractivity contribution in [2.45, 2.75) is 19.4 Å². The number of hydrogen-bond donors (Lipinski definition) is 1. The molecule has 0 aromatic carbocycles. The summed E-state index contributed by atoms with van der Waals surface area (Å²) >= 11 is 9.04. The molecule has 1 aromatic heterocycles. The molecule has 1 atom stereocenters. The Bertz CT molecular complexity index is 280. The summed E-state index contributed by atoms with van der Waals surface area (Å²) in [7, 11) is 0. The molecule has 1 heterocycles. The maximum atomic E-state index is 9.49. The van der Waals surface area contributed by atoms with E-state index in [4.69, 9.17) is 11.6 Å². The summed E-state index contributed by atoms with van der Waals surface area (Å²) in [4.78, 5) is 3.91. The molecule has 4 heteroatoms. The number of halogens is 2. The summed E-state index contributed by atoms with van der Waals surface area (Å²) in [5.74, 6) is 0. The highest BCUT2D eigenvalue weighted by Gasteiger charge is 2.10. The summed E-state index contributed by atoms with van der Waals surface area (Å²) in [6, 6.07) is 1.78. The Kier molecular flexibility index (Phi) is 3.50. The lowest BCUT2D eigenvalue weighted by Crippen LogP contribution is -1.97. The van der Waals surface area contributed by atoms with Gasteiger partial charge in [0.1, 0.15) is 5.15 Å². The Morgan fingerprint density at radius 1 is 1.75 bits per heavy atom. The monoisotopic (exact) mass is 249 g/mol. The van der Waals surface area contributed by atoms with Crippen LogP contribution in [0.15, 0.2) is 16.7 Å². The third-order valence-corrected chi connectivity index (χ3v) is 2.33. The minimum absolute atomic E-state index is 0.368. The number of hydrogen-bond acceptors (Lipinski definition) is 2. The topological polar surface area (TPSA) is 33.1 Å². The summed E-state index contributed by atoms with van der Waals surface area (Å²) in [5, 5.41) is 9.86. The van der Waals surface area contributed by atoms with E-state index in [1.165, 1.54) is 0 Å². The molecule has 0 amide bonds. The molecule has 0 fully saturated rings. The zero-order valence-corrected chi connectivity index (χ0v) is 8.93. The Morgan fingerprint density at radius 3 is 3.00 bits per heavy atom. The molecule has 1 N–H and O–H groups in total. The van der Waals surface area contributed by atoms with Crippen LogP contribution in [0.25, 0.3) is 0 Å². The van der Waals surface area contributed by atoms with Gasteiger partial charge in [0.05, 0.1) is 6.10 Å². The Labute approximate surface area is 84.7 Å². The van der Waals surface area contributed by atoms with Crippen LogP contribution in [0.3, 0.4) is 0 Å². The van der Waals surface area contributed by atoms with Crippen molar-refractivity contribution >= 4 is 27.5 Å². The Morgan fingerprint density at radius 2 is 2.42 bits per heavy atom. The van der Waals surface area contributed by atoms with Gasteiger partial charge in [0.2, 0.25) is 0 Å². The first-order valence-corrected chi connectivity index (χ1v) is 4.81. The Hall–Kier alpha value is -0.120. The van der Waals surface area contributed by atoms with Crippen LogP contribution in [0, 0.1) is 0 Å². The van der Waals surface area contributed by atoms with Crippen LogP contribution in [0.1, 0.15) is 25.0 Å². The molecular formula is C8H9BrClNO. The average Bonchev–Trinajstić information content (AvgIpc) is 2.08. The molecule has 0 saturated carbocycles. The number of nitrogens with zero attached hydrogens (tertiary/aromatic N) is 1. The summed E-state index contributed by atoms with van der Waals surface area (Å²) in [6.07, 6.45) is 1.72. The molecule has 1 rings (SSSR count). The molecule has 2 nitrogen and oxygen atoms in total. The van der Waals surface area contributed by atoms with Crippen LogP contribution in [0.4, 0.5) is 0 Å². The SMILES string of the molecule is CCC(O)c1cc(Br)cnc1Cl. The number of aliphatic hydroxyl groups is 1. The molecule has 1 unspecified atom stereocenters. The van der Waals surface area contributed by atoms with Crippen molar-refractivity contribution in [3.8, 4) is 0 Å². The molecule has 0 bridgehead atoms. The van der Waals surface area contributed by atoms with Gasteiger partial charge < -0.3 is 5.11 Å². The lowest BCUT2D eigenvalue weighted by atomic mass is 10.1. The normalized spacial score (nSPS) is 13.0. The van der Waals surface area contributed by atoms with Gasteiger partial charge in [-0.1, -0.05) is 18.5 Å². The van der Waals surface area contributed by atoms with Gasteiger partial charge in [0.25, 0.3) is 0 Å². The maximum Gasteiger partial charge on any atom is 0.134 e. The van der Waals surface area contributed by atoms with E-state index < -0.39 is 6.10 Å². The Balaban J connectivity index is 3.04. The second-order valence-electron chi connectivity index (χ2n) is 2.46. The highest BCUT2D eigenvalue weighted by Crippen LogP contribution is 2.25. The largest absolute Gasteiger partial charge is 0.388 e. The fraction of sp³-hybridized carbons (Fsp3) is 0.375. The molecule has 0 radical (unpaired) electrons. The van der Waals surface area contributed by atoms with Gasteiger partial charge in [-0.3, -0.25) is 0 Å². The minimum Gasteiger partial charge on any atom is -0.388 e. The molecular weight excluding hydrogens is 241 g/mol. The van der Waals surface area contributed by atoms with Crippen molar-refractivity contribution in [2.24, 2.45) is 0 Å². The highest BCUT2D eigenvalue weighted by molar-refractivity contribution is 9.10. The second kappa shape index (κ2) is 4.21. The third kappa shape index (κ3) is 2.19. The van der Waals surface area contributed by atoms with E-state index in [-0.39, 0.29) is 0 Å². The molecule has 0 aliphatic heterocycles. The molecule has 12 heavy (non-hydrogen) atoms. The van der Waals surface area contributed by atoms with Crippen molar-refractivity contribution < 1.29 is 5.11 Å². The van der Waals surface area contributed by atoms with E-state index >= 15 is 0 Å². The van der Waals surface area contributed by atoms with E-state index in [9.17, 15) is 5.11 Å². The van der Waals surface area contributed by atoms with Crippen LogP contribution in [0.5, 0.6) is 0 Å². The smallest absolute Gasteiger partial charge is 0.134 e. The summed E-state index contributed by atoms with van der Waals surface area (Å²) in [5.41, 5.74) is 0.675. The molecule has 0 spiro atoms. The summed E-state index contributed by atoms with van der Waals surface area (Å²) < 4.78 is 0.828. The van der Waals surface area contributed by atoms with Gasteiger partial charge >= 0.3 is 0 Å². The van der Waals surface area contributed by atoms with Crippen LogP contribution >= 0.6 is 27.5 Å². The highest BCUT2D eigenvalue weighted by atomic mass is 79.9. The van der Waals surface area contributed by atoms with Crippen molar-refractivity contribution in [1.29, 1.82) is 0 Å². The van der Waals surface area contributed by atoms with Gasteiger partial charge in [0.15, 0.2) is 0 Å². The van der Waals surface area contributed by atoms with Crippen molar-refractivity contribution in [2.75, 3.05) is 0 Å². The predicted molar refractivity (Wildman–Crippen MR) is 52.2 cm³/mol. The maximum absolute atomic E-state index is 9.49. The number of pyridine rings is 1. The van der Waals surface area contributed by atoms with Crippen LogP contribution < -0.4 is 0 Å². The lowest BCUT2D eigenvalue weighted by molar-refractivity contribution is 0.173. The van der Waals surface area contributed by atoms with E-state index in [0.717, 1.165) is 4.47 Å². The van der Waals surface area contributed by atoms with Crippen molar-refractivity contribution in [3.05, 3.63) is 27.5 Å². The summed E-state index contributed by atoms with van der Waals surface area (Å²) in [6.45, 7) is 1.89. The zero-order chi connectivity index (χ0) is 9.14. The molecule has 0 aliphatic carbocycles. The fourth-order valence-electron chi connectivity index (χ4n) is 0.892. The molecule has 1 aromatic rings. The zero-order valence-electron chi connectivity index (χ0n) is 6.59. The third-order valence-electron chi connectivity index (χ3n) is 1.58. The van der Waals surface area contributed by atoms with E-state index in [2.05, 4.69) is 20.9 Å². The van der Waals surface area contributed by atoms with Crippen LogP contribution in [-0.4, -0.2) is 10.1 Å². The van der Waals surface area contributed by atoms with E-state index in [1.54, 1.807) is 12.3 Å². The van der Waals surface area contributed by atoms with E-state index in [0.29, 0.717) is 17.1 Å². The van der Waals surface area contributed by atoms with Gasteiger partial charge in [-0.2, -0.15) is 0 Å². The van der Waals surface area contributed by atoms with Gasteiger partial charge in [0, 0.05) is 16.2 Å². The number of aliphatic hydroxyl groups excluding tert-OH is 1.